The largest absolute Gasteiger partial charge is 0.301 e. The maximum atomic E-state index is 11.1. The van der Waals surface area contributed by atoms with Crippen molar-refractivity contribution < 1.29 is 4.92 Å². The Labute approximate surface area is 148 Å². The summed E-state index contributed by atoms with van der Waals surface area (Å²) in [5, 5.41) is 23.4. The summed E-state index contributed by atoms with van der Waals surface area (Å²) in [5.74, 6) is 0. The van der Waals surface area contributed by atoms with Crippen LogP contribution in [0.25, 0.3) is 5.69 Å². The Hall–Kier alpha value is -2.81. The summed E-state index contributed by atoms with van der Waals surface area (Å²) < 4.78 is 1.55. The summed E-state index contributed by atoms with van der Waals surface area (Å²) in [7, 11) is 0. The molecule has 0 saturated heterocycles. The number of pyridine rings is 1. The van der Waals surface area contributed by atoms with Gasteiger partial charge in [-0.3, -0.25) is 10.1 Å². The van der Waals surface area contributed by atoms with Crippen molar-refractivity contribution >= 4 is 17.4 Å². The van der Waals surface area contributed by atoms with E-state index < -0.39 is 4.92 Å². The number of nitro groups is 1. The number of tetrazole rings is 1. The minimum Gasteiger partial charge on any atom is -0.258 e. The Kier molecular flexibility index (Phi) is 5.34. The fraction of sp³-hybridized carbons (Fsp3) is 0.250. The lowest BCUT2D eigenvalue weighted by molar-refractivity contribution is -0.388. The first-order valence-electron chi connectivity index (χ1n) is 7.84. The van der Waals surface area contributed by atoms with Crippen LogP contribution in [0.4, 0.5) is 5.69 Å². The first-order chi connectivity index (χ1) is 12.2. The van der Waals surface area contributed by atoms with Gasteiger partial charge in [0.1, 0.15) is 0 Å². The van der Waals surface area contributed by atoms with E-state index in [1.165, 1.54) is 23.9 Å². The molecule has 2 heterocycles. The number of benzene rings is 1. The molecule has 8 nitrogen and oxygen atoms in total. The third kappa shape index (κ3) is 4.00. The maximum Gasteiger partial charge on any atom is 0.301 e. The zero-order chi connectivity index (χ0) is 17.6. The van der Waals surface area contributed by atoms with E-state index in [-0.39, 0.29) is 10.7 Å². The summed E-state index contributed by atoms with van der Waals surface area (Å²) >= 11 is 1.06. The van der Waals surface area contributed by atoms with Gasteiger partial charge in [0.15, 0.2) is 5.03 Å². The van der Waals surface area contributed by atoms with Crippen LogP contribution < -0.4 is 0 Å². The van der Waals surface area contributed by atoms with E-state index in [9.17, 15) is 10.1 Å². The molecule has 0 radical (unpaired) electrons. The van der Waals surface area contributed by atoms with Crippen LogP contribution >= 0.6 is 11.8 Å². The second-order valence-corrected chi connectivity index (χ2v) is 6.29. The van der Waals surface area contributed by atoms with E-state index in [0.717, 1.165) is 36.7 Å². The smallest absolute Gasteiger partial charge is 0.258 e. The molecule has 0 amide bonds. The maximum absolute atomic E-state index is 11.1. The fourth-order valence-electron chi connectivity index (χ4n) is 2.28. The molecular formula is C16H16N6O2S. The third-order valence-electron chi connectivity index (χ3n) is 3.58. The van der Waals surface area contributed by atoms with Crippen LogP contribution in [0.2, 0.25) is 0 Å². The van der Waals surface area contributed by atoms with Crippen molar-refractivity contribution in [1.29, 1.82) is 0 Å². The normalized spacial score (nSPS) is 10.8. The molecule has 0 saturated carbocycles. The molecule has 0 N–H and O–H groups in total. The van der Waals surface area contributed by atoms with Crippen LogP contribution in [-0.4, -0.2) is 30.1 Å². The van der Waals surface area contributed by atoms with Gasteiger partial charge in [-0.2, -0.15) is 4.68 Å². The average Bonchev–Trinajstić information content (AvgIpc) is 3.09. The summed E-state index contributed by atoms with van der Waals surface area (Å²) in [6.45, 7) is 2.16. The van der Waals surface area contributed by atoms with Crippen molar-refractivity contribution in [2.24, 2.45) is 0 Å². The molecule has 0 fully saturated rings. The number of aryl methyl sites for hydroxylation is 1. The third-order valence-corrected chi connectivity index (χ3v) is 4.52. The molecule has 1 aromatic carbocycles. The minimum atomic E-state index is -0.466. The predicted octanol–water partition coefficient (Wildman–Crippen LogP) is 3.46. The monoisotopic (exact) mass is 356 g/mol. The Morgan fingerprint density at radius 1 is 1.24 bits per heavy atom. The zero-order valence-corrected chi connectivity index (χ0v) is 14.4. The molecule has 25 heavy (non-hydrogen) atoms. The highest BCUT2D eigenvalue weighted by molar-refractivity contribution is 7.99. The molecule has 3 aromatic rings. The molecule has 2 aromatic heterocycles. The number of nitrogens with zero attached hydrogens (tertiary/aromatic N) is 6. The lowest BCUT2D eigenvalue weighted by Gasteiger charge is -2.06. The van der Waals surface area contributed by atoms with Gasteiger partial charge >= 0.3 is 5.69 Å². The molecule has 0 unspecified atom stereocenters. The molecule has 0 aliphatic rings. The van der Waals surface area contributed by atoms with E-state index >= 15 is 0 Å². The van der Waals surface area contributed by atoms with Gasteiger partial charge in [-0.05, 0) is 58.8 Å². The Morgan fingerprint density at radius 2 is 2.04 bits per heavy atom. The van der Waals surface area contributed by atoms with Crippen molar-refractivity contribution in [3.05, 3.63) is 58.3 Å². The van der Waals surface area contributed by atoms with Crippen LogP contribution in [0.15, 0.2) is 52.8 Å². The molecule has 0 spiro atoms. The molecule has 3 rings (SSSR count). The van der Waals surface area contributed by atoms with E-state index in [0.29, 0.717) is 5.16 Å². The van der Waals surface area contributed by atoms with Crippen molar-refractivity contribution in [3.8, 4) is 5.69 Å². The number of hydrogen-bond acceptors (Lipinski definition) is 7. The van der Waals surface area contributed by atoms with Gasteiger partial charge in [-0.15, -0.1) is 5.10 Å². The Bertz CT molecular complexity index is 865. The zero-order valence-electron chi connectivity index (χ0n) is 13.6. The number of hydrogen-bond donors (Lipinski definition) is 0. The van der Waals surface area contributed by atoms with Crippen LogP contribution in [0.1, 0.15) is 25.3 Å². The topological polar surface area (TPSA) is 99.6 Å². The van der Waals surface area contributed by atoms with Gasteiger partial charge < -0.3 is 0 Å². The molecule has 128 valence electrons. The van der Waals surface area contributed by atoms with Crippen LogP contribution in [0, 0.1) is 10.1 Å². The predicted molar refractivity (Wildman–Crippen MR) is 92.8 cm³/mol. The van der Waals surface area contributed by atoms with Gasteiger partial charge in [0.25, 0.3) is 0 Å². The highest BCUT2D eigenvalue weighted by atomic mass is 32.2. The van der Waals surface area contributed by atoms with Crippen LogP contribution in [0.5, 0.6) is 0 Å². The summed E-state index contributed by atoms with van der Waals surface area (Å²) in [6, 6.07) is 10.9. The molecular weight excluding hydrogens is 340 g/mol. The second kappa shape index (κ2) is 7.84. The van der Waals surface area contributed by atoms with E-state index in [2.05, 4.69) is 27.4 Å². The average molecular weight is 356 g/mol. The van der Waals surface area contributed by atoms with Crippen LogP contribution in [-0.2, 0) is 6.42 Å². The standard InChI is InChI=1S/C16H16N6O2S/c1-2-3-5-12-7-9-13(10-8-12)21-16(18-19-20-21)25-15-14(22(23)24)6-4-11-17-15/h4,6-11H,2-3,5H2,1H3. The second-order valence-electron chi connectivity index (χ2n) is 5.33. The summed E-state index contributed by atoms with van der Waals surface area (Å²) in [6.07, 6.45) is 4.84. The van der Waals surface area contributed by atoms with E-state index in [1.54, 1.807) is 4.68 Å². The lowest BCUT2D eigenvalue weighted by Crippen LogP contribution is -2.00. The minimum absolute atomic E-state index is 0.0723. The molecule has 0 aliphatic carbocycles. The molecule has 0 aliphatic heterocycles. The van der Waals surface area contributed by atoms with Crippen molar-refractivity contribution in [2.45, 2.75) is 36.4 Å². The molecule has 9 heteroatoms. The van der Waals surface area contributed by atoms with Gasteiger partial charge in [0, 0.05) is 12.3 Å². The SMILES string of the molecule is CCCCc1ccc(-n2nnnc2Sc2ncccc2[N+](=O)[O-])cc1. The highest BCUT2D eigenvalue weighted by Crippen LogP contribution is 2.31. The number of aromatic nitrogens is 5. The highest BCUT2D eigenvalue weighted by Gasteiger charge is 2.19. The molecule has 0 atom stereocenters. The van der Waals surface area contributed by atoms with Gasteiger partial charge in [0.2, 0.25) is 5.16 Å². The first kappa shape index (κ1) is 17.0. The summed E-state index contributed by atoms with van der Waals surface area (Å²) in [4.78, 5) is 14.7. The van der Waals surface area contributed by atoms with Crippen molar-refractivity contribution in [3.63, 3.8) is 0 Å². The number of rotatable bonds is 7. The van der Waals surface area contributed by atoms with Crippen molar-refractivity contribution in [2.75, 3.05) is 0 Å². The Balaban J connectivity index is 1.85. The number of unbranched alkanes of at least 4 members (excludes halogenated alkanes) is 1. The van der Waals surface area contributed by atoms with E-state index in [4.69, 9.17) is 0 Å². The first-order valence-corrected chi connectivity index (χ1v) is 8.65. The van der Waals surface area contributed by atoms with Crippen molar-refractivity contribution in [1.82, 2.24) is 25.2 Å². The van der Waals surface area contributed by atoms with Gasteiger partial charge in [-0.1, -0.05) is 25.5 Å². The Morgan fingerprint density at radius 3 is 2.76 bits per heavy atom. The fourth-order valence-corrected chi connectivity index (χ4v) is 3.12. The quantitative estimate of drug-likeness (QED) is 0.472. The lowest BCUT2D eigenvalue weighted by atomic mass is 10.1. The van der Waals surface area contributed by atoms with Crippen LogP contribution in [0.3, 0.4) is 0 Å². The van der Waals surface area contributed by atoms with Gasteiger partial charge in [0.05, 0.1) is 10.6 Å². The van der Waals surface area contributed by atoms with Gasteiger partial charge in [-0.25, -0.2) is 4.98 Å². The summed E-state index contributed by atoms with van der Waals surface area (Å²) in [5.41, 5.74) is 1.98. The molecule has 0 bridgehead atoms. The van der Waals surface area contributed by atoms with E-state index in [1.807, 2.05) is 24.3 Å².